The average Bonchev–Trinajstić information content (AvgIpc) is 2.92. The summed E-state index contributed by atoms with van der Waals surface area (Å²) >= 11 is 0. The van der Waals surface area contributed by atoms with Crippen LogP contribution in [0.5, 0.6) is 0 Å². The number of carbonyl (C=O) groups is 2. The minimum atomic E-state index is -0.114. The predicted octanol–water partition coefficient (Wildman–Crippen LogP) is 2.84. The van der Waals surface area contributed by atoms with Gasteiger partial charge in [-0.3, -0.25) is 9.59 Å². The van der Waals surface area contributed by atoms with Gasteiger partial charge in [0.05, 0.1) is 5.21 Å². The zero-order chi connectivity index (χ0) is 17.1. The molecule has 0 spiro atoms. The summed E-state index contributed by atoms with van der Waals surface area (Å²) in [5, 5.41) is 4.40. The summed E-state index contributed by atoms with van der Waals surface area (Å²) in [5.41, 5.74) is 1.81. The lowest BCUT2D eigenvalue weighted by Crippen LogP contribution is -2.39. The van der Waals surface area contributed by atoms with Crippen molar-refractivity contribution in [3.05, 3.63) is 46.8 Å². The molecule has 3 rings (SSSR count). The maximum Gasteiger partial charge on any atom is 0.249 e. The van der Waals surface area contributed by atoms with Crippen molar-refractivity contribution in [2.45, 2.75) is 52.0 Å². The maximum absolute atomic E-state index is 12.8. The van der Waals surface area contributed by atoms with E-state index in [9.17, 15) is 9.59 Å². The summed E-state index contributed by atoms with van der Waals surface area (Å²) in [4.78, 5) is 25.5. The Hall–Kier alpha value is -2.30. The number of benzene rings is 1. The summed E-state index contributed by atoms with van der Waals surface area (Å²) in [7, 11) is 1.73. The summed E-state index contributed by atoms with van der Waals surface area (Å²) in [6.45, 7) is 2.88. The molecule has 24 heavy (non-hydrogen) atoms. The fraction of sp³-hybridized carbons (Fsp3) is 0.474. The zero-order valence-electron chi connectivity index (χ0n) is 14.4. The highest BCUT2D eigenvalue weighted by molar-refractivity contribution is 6.26. The van der Waals surface area contributed by atoms with Crippen LogP contribution in [-0.2, 0) is 13.6 Å². The number of nitrogens with zero attached hydrogens (tertiary/aromatic N) is 3. The second-order valence-electron chi connectivity index (χ2n) is 6.41. The van der Waals surface area contributed by atoms with Crippen molar-refractivity contribution in [1.82, 2.24) is 9.90 Å². The highest BCUT2D eigenvalue weighted by Crippen LogP contribution is 2.25. The third-order valence-corrected chi connectivity index (χ3v) is 4.62. The summed E-state index contributed by atoms with van der Waals surface area (Å²) in [6.07, 6.45) is 7.07. The van der Waals surface area contributed by atoms with E-state index in [0.717, 1.165) is 12.8 Å². The number of fused-ring (bicyclic) bond motifs is 2. The van der Waals surface area contributed by atoms with Crippen LogP contribution >= 0.6 is 0 Å². The van der Waals surface area contributed by atoms with Crippen molar-refractivity contribution in [3.8, 4) is 0 Å². The Balaban J connectivity index is 1.80. The monoisotopic (exact) mass is 326 g/mol. The van der Waals surface area contributed by atoms with Crippen molar-refractivity contribution in [1.29, 1.82) is 0 Å². The van der Waals surface area contributed by atoms with Gasteiger partial charge >= 0.3 is 0 Å². The number of rotatable bonds is 7. The fourth-order valence-corrected chi connectivity index (χ4v) is 3.34. The molecule has 0 unspecified atom stereocenters. The zero-order valence-corrected chi connectivity index (χ0v) is 14.4. The lowest BCUT2D eigenvalue weighted by atomic mass is 9.90. The van der Waals surface area contributed by atoms with Gasteiger partial charge in [-0.05, 0) is 12.8 Å². The van der Waals surface area contributed by atoms with Crippen LogP contribution < -0.4 is 4.68 Å². The summed E-state index contributed by atoms with van der Waals surface area (Å²) in [5.74, 6) is -0.212. The predicted molar refractivity (Wildman–Crippen MR) is 90.1 cm³/mol. The molecule has 1 aromatic carbocycles. The normalized spacial score (nSPS) is 13.1. The van der Waals surface area contributed by atoms with Crippen LogP contribution in [0.15, 0.2) is 24.3 Å². The van der Waals surface area contributed by atoms with E-state index in [4.69, 9.17) is 0 Å². The molecule has 5 nitrogen and oxygen atoms in total. The molecule has 1 aliphatic carbocycles. The van der Waals surface area contributed by atoms with E-state index < -0.39 is 0 Å². The molecule has 1 aliphatic rings. The highest BCUT2D eigenvalue weighted by atomic mass is 16.1. The SMILES string of the molecule is CCCCCCCCn1n[n+](C)c2c1C(=O)c1ccccc1C2=O. The van der Waals surface area contributed by atoms with E-state index in [-0.39, 0.29) is 11.6 Å². The second kappa shape index (κ2) is 7.07. The maximum atomic E-state index is 12.8. The molecule has 0 radical (unpaired) electrons. The number of carbonyl (C=O) groups excluding carboxylic acids is 2. The number of aromatic nitrogens is 3. The molecule has 0 bridgehead atoms. The number of aryl methyl sites for hydroxylation is 2. The molecular formula is C19H24N3O2+. The van der Waals surface area contributed by atoms with Crippen molar-refractivity contribution >= 4 is 11.6 Å². The van der Waals surface area contributed by atoms with Gasteiger partial charge in [-0.2, -0.15) is 0 Å². The van der Waals surface area contributed by atoms with Crippen LogP contribution in [0, 0.1) is 0 Å². The van der Waals surface area contributed by atoms with Gasteiger partial charge in [-0.1, -0.05) is 56.9 Å². The molecule has 5 heteroatoms. The minimum Gasteiger partial charge on any atom is -0.284 e. The third-order valence-electron chi connectivity index (χ3n) is 4.62. The Morgan fingerprint density at radius 3 is 2.29 bits per heavy atom. The third kappa shape index (κ3) is 2.90. The fourth-order valence-electron chi connectivity index (χ4n) is 3.34. The number of ketones is 2. The lowest BCUT2D eigenvalue weighted by molar-refractivity contribution is -0.733. The Morgan fingerprint density at radius 1 is 0.958 bits per heavy atom. The first kappa shape index (κ1) is 16.6. The van der Waals surface area contributed by atoms with Crippen molar-refractivity contribution in [2.75, 3.05) is 0 Å². The van der Waals surface area contributed by atoms with E-state index >= 15 is 0 Å². The first-order valence-corrected chi connectivity index (χ1v) is 8.80. The number of hydrogen-bond acceptors (Lipinski definition) is 3. The Morgan fingerprint density at radius 2 is 1.58 bits per heavy atom. The van der Waals surface area contributed by atoms with Gasteiger partial charge in [0.1, 0.15) is 13.6 Å². The highest BCUT2D eigenvalue weighted by Gasteiger charge is 2.41. The van der Waals surface area contributed by atoms with Gasteiger partial charge in [0.2, 0.25) is 23.0 Å². The van der Waals surface area contributed by atoms with Crippen LogP contribution in [0.4, 0.5) is 0 Å². The molecule has 0 amide bonds. The number of unbranched alkanes of at least 4 members (excludes halogenated alkanes) is 5. The Labute approximate surface area is 142 Å². The molecule has 1 heterocycles. The van der Waals surface area contributed by atoms with Crippen LogP contribution in [0.1, 0.15) is 77.6 Å². The minimum absolute atomic E-state index is 0.0979. The lowest BCUT2D eigenvalue weighted by Gasteiger charge is -2.10. The largest absolute Gasteiger partial charge is 0.284 e. The van der Waals surface area contributed by atoms with Crippen LogP contribution in [-0.4, -0.2) is 21.5 Å². The Kier molecular flexibility index (Phi) is 4.88. The molecule has 0 saturated heterocycles. The molecule has 0 atom stereocenters. The van der Waals surface area contributed by atoms with E-state index in [2.05, 4.69) is 12.1 Å². The molecular weight excluding hydrogens is 302 g/mol. The quantitative estimate of drug-likeness (QED) is 0.495. The standard InChI is InChI=1S/C19H24N3O2/c1-3-4-5-6-7-10-13-22-17-16(21(2)20-22)18(23)14-11-8-9-12-15(14)19(17)24/h8-9,11-12H,3-7,10,13H2,1-2H3/q+1. The van der Waals surface area contributed by atoms with Gasteiger partial charge in [-0.15, -0.1) is 9.36 Å². The molecule has 1 aromatic heterocycles. The smallest absolute Gasteiger partial charge is 0.249 e. The Bertz CT molecular complexity index is 777. The van der Waals surface area contributed by atoms with Gasteiger partial charge in [0.25, 0.3) is 0 Å². The first-order chi connectivity index (χ1) is 11.6. The first-order valence-electron chi connectivity index (χ1n) is 8.80. The number of hydrogen-bond donors (Lipinski definition) is 0. The van der Waals surface area contributed by atoms with E-state index in [1.165, 1.54) is 25.7 Å². The van der Waals surface area contributed by atoms with Crippen LogP contribution in [0.3, 0.4) is 0 Å². The van der Waals surface area contributed by atoms with Gasteiger partial charge < -0.3 is 0 Å². The van der Waals surface area contributed by atoms with E-state index in [0.29, 0.717) is 29.1 Å². The molecule has 2 aromatic rings. The summed E-state index contributed by atoms with van der Waals surface area (Å²) in [6, 6.07) is 7.02. The van der Waals surface area contributed by atoms with E-state index in [1.807, 2.05) is 0 Å². The second-order valence-corrected chi connectivity index (χ2v) is 6.41. The van der Waals surface area contributed by atoms with Crippen LogP contribution in [0.25, 0.3) is 0 Å². The van der Waals surface area contributed by atoms with Gasteiger partial charge in [0, 0.05) is 11.1 Å². The molecule has 0 aliphatic heterocycles. The van der Waals surface area contributed by atoms with Crippen molar-refractivity contribution < 1.29 is 14.3 Å². The van der Waals surface area contributed by atoms with Crippen LogP contribution in [0.2, 0.25) is 0 Å². The van der Waals surface area contributed by atoms with Gasteiger partial charge in [0.15, 0.2) is 0 Å². The topological polar surface area (TPSA) is 55.8 Å². The molecule has 0 saturated carbocycles. The van der Waals surface area contributed by atoms with Crippen molar-refractivity contribution in [2.24, 2.45) is 7.05 Å². The van der Waals surface area contributed by atoms with E-state index in [1.54, 1.807) is 40.7 Å². The van der Waals surface area contributed by atoms with Crippen molar-refractivity contribution in [3.63, 3.8) is 0 Å². The summed E-state index contributed by atoms with van der Waals surface area (Å²) < 4.78 is 3.26. The van der Waals surface area contributed by atoms with Gasteiger partial charge in [-0.25, -0.2) is 0 Å². The molecule has 126 valence electrons. The average molecular weight is 326 g/mol. The molecule has 0 fully saturated rings. The molecule has 0 N–H and O–H groups in total.